The van der Waals surface area contributed by atoms with Crippen molar-refractivity contribution in [2.75, 3.05) is 50.5 Å². The van der Waals surface area contributed by atoms with Crippen LogP contribution in [0, 0.1) is 0 Å². The molecule has 2 saturated heterocycles. The number of carbonyl (C=O) groups is 1. The molecule has 1 amide bonds. The Hall–Kier alpha value is -2.82. The van der Waals surface area contributed by atoms with Gasteiger partial charge in [0.1, 0.15) is 5.82 Å². The van der Waals surface area contributed by atoms with E-state index >= 15 is 0 Å². The summed E-state index contributed by atoms with van der Waals surface area (Å²) < 4.78 is 0.951. The maximum Gasteiger partial charge on any atom is 0.263 e. The lowest BCUT2D eigenvalue weighted by atomic mass is 9.96. The molecule has 10 heteroatoms. The molecule has 1 aliphatic carbocycles. The van der Waals surface area contributed by atoms with Gasteiger partial charge in [-0.2, -0.15) is 0 Å². The summed E-state index contributed by atoms with van der Waals surface area (Å²) in [4.78, 5) is 34.2. The predicted molar refractivity (Wildman–Crippen MR) is 142 cm³/mol. The molecule has 36 heavy (non-hydrogen) atoms. The summed E-state index contributed by atoms with van der Waals surface area (Å²) in [5.74, 6) is 1.60. The summed E-state index contributed by atoms with van der Waals surface area (Å²) in [6.07, 6.45) is 8.95. The summed E-state index contributed by atoms with van der Waals surface area (Å²) >= 11 is 1.50. The molecule has 6 rings (SSSR count). The Kier molecular flexibility index (Phi) is 6.27. The van der Waals surface area contributed by atoms with Gasteiger partial charge >= 0.3 is 0 Å². The summed E-state index contributed by atoms with van der Waals surface area (Å²) in [5, 5.41) is 13.2. The smallest absolute Gasteiger partial charge is 0.263 e. The monoisotopic (exact) mass is 507 g/mol. The average Bonchev–Trinajstić information content (AvgIpc) is 3.60. The third kappa shape index (κ3) is 4.42. The summed E-state index contributed by atoms with van der Waals surface area (Å²) in [7, 11) is 3.60. The number of piperazine rings is 1. The van der Waals surface area contributed by atoms with E-state index in [9.17, 15) is 9.90 Å². The van der Waals surface area contributed by atoms with Crippen LogP contribution in [0.25, 0.3) is 10.2 Å². The van der Waals surface area contributed by atoms with Gasteiger partial charge in [0.05, 0.1) is 39.3 Å². The molecule has 0 bridgehead atoms. The molecule has 3 aromatic heterocycles. The number of amides is 1. The van der Waals surface area contributed by atoms with Crippen LogP contribution in [0.3, 0.4) is 0 Å². The first-order chi connectivity index (χ1) is 17.5. The molecule has 9 nitrogen and oxygen atoms in total. The third-order valence-electron chi connectivity index (χ3n) is 7.78. The second-order valence-electron chi connectivity index (χ2n) is 10.4. The fourth-order valence-corrected chi connectivity index (χ4v) is 7.16. The number of aromatic nitrogens is 3. The van der Waals surface area contributed by atoms with Crippen molar-refractivity contribution in [3.05, 3.63) is 35.0 Å². The number of hydrogen-bond donors (Lipinski definition) is 2. The Bertz CT molecular complexity index is 1260. The van der Waals surface area contributed by atoms with Crippen LogP contribution in [0.15, 0.2) is 24.5 Å². The van der Waals surface area contributed by atoms with Gasteiger partial charge in [0, 0.05) is 51.9 Å². The van der Waals surface area contributed by atoms with E-state index in [1.165, 1.54) is 24.2 Å². The van der Waals surface area contributed by atoms with Crippen molar-refractivity contribution < 1.29 is 9.90 Å². The second kappa shape index (κ2) is 9.57. The molecule has 3 aliphatic rings. The largest absolute Gasteiger partial charge is 0.392 e. The highest BCUT2D eigenvalue weighted by molar-refractivity contribution is 7.21. The molecule has 0 spiro atoms. The highest BCUT2D eigenvalue weighted by Gasteiger charge is 2.35. The fourth-order valence-electron chi connectivity index (χ4n) is 5.94. The SMILES string of the molecule is CN(C)C(=O)c1sc2cnc(Nc3ccc(N4CCN5CC(O)CC5C4)cn3)nc2c1C1CCCC1. The first kappa shape index (κ1) is 23.6. The van der Waals surface area contributed by atoms with Crippen LogP contribution >= 0.6 is 11.3 Å². The van der Waals surface area contributed by atoms with Crippen molar-refractivity contribution in [3.63, 3.8) is 0 Å². The van der Waals surface area contributed by atoms with E-state index < -0.39 is 0 Å². The van der Waals surface area contributed by atoms with Crippen LogP contribution in [0.4, 0.5) is 17.5 Å². The first-order valence-corrected chi connectivity index (χ1v) is 13.7. The van der Waals surface area contributed by atoms with Gasteiger partial charge in [-0.1, -0.05) is 12.8 Å². The zero-order chi connectivity index (χ0) is 24.8. The lowest BCUT2D eigenvalue weighted by Gasteiger charge is -2.38. The van der Waals surface area contributed by atoms with Crippen LogP contribution in [-0.2, 0) is 0 Å². The van der Waals surface area contributed by atoms with Gasteiger partial charge in [-0.05, 0) is 37.3 Å². The molecule has 190 valence electrons. The highest BCUT2D eigenvalue weighted by atomic mass is 32.1. The number of aliphatic hydroxyl groups excluding tert-OH is 1. The minimum absolute atomic E-state index is 0.0413. The first-order valence-electron chi connectivity index (χ1n) is 12.9. The molecule has 3 aromatic rings. The number of nitrogens with one attached hydrogen (secondary N) is 1. The Morgan fingerprint density at radius 2 is 1.97 bits per heavy atom. The molecule has 2 unspecified atom stereocenters. The average molecular weight is 508 g/mol. The topological polar surface area (TPSA) is 97.7 Å². The lowest BCUT2D eigenvalue weighted by molar-refractivity contribution is 0.0831. The summed E-state index contributed by atoms with van der Waals surface area (Å²) in [6, 6.07) is 4.46. The van der Waals surface area contributed by atoms with Crippen LogP contribution in [0.1, 0.15) is 53.3 Å². The molecule has 2 N–H and O–H groups in total. The molecular formula is C26H33N7O2S. The van der Waals surface area contributed by atoms with Crippen LogP contribution in [0.2, 0.25) is 0 Å². The molecule has 5 heterocycles. The van der Waals surface area contributed by atoms with Gasteiger partial charge in [0.25, 0.3) is 5.91 Å². The molecule has 1 saturated carbocycles. The van der Waals surface area contributed by atoms with E-state index in [1.807, 2.05) is 18.5 Å². The van der Waals surface area contributed by atoms with Crippen LogP contribution in [-0.4, -0.2) is 88.2 Å². The van der Waals surface area contributed by atoms with Gasteiger partial charge in [-0.15, -0.1) is 11.3 Å². The molecular weight excluding hydrogens is 474 g/mol. The minimum Gasteiger partial charge on any atom is -0.392 e. The van der Waals surface area contributed by atoms with E-state index in [-0.39, 0.29) is 12.0 Å². The van der Waals surface area contributed by atoms with Crippen LogP contribution < -0.4 is 10.2 Å². The number of aliphatic hydroxyl groups is 1. The molecule has 0 aromatic carbocycles. The van der Waals surface area contributed by atoms with Crippen molar-refractivity contribution in [1.82, 2.24) is 24.8 Å². The summed E-state index contributed by atoms with van der Waals surface area (Å²) in [5.41, 5.74) is 3.07. The van der Waals surface area contributed by atoms with Crippen molar-refractivity contribution in [3.8, 4) is 0 Å². The van der Waals surface area contributed by atoms with Crippen molar-refractivity contribution in [2.24, 2.45) is 0 Å². The van der Waals surface area contributed by atoms with Gasteiger partial charge in [0.2, 0.25) is 5.95 Å². The Balaban J connectivity index is 1.22. The lowest BCUT2D eigenvalue weighted by Crippen LogP contribution is -2.50. The number of pyridine rings is 1. The number of fused-ring (bicyclic) bond motifs is 2. The van der Waals surface area contributed by atoms with E-state index in [0.29, 0.717) is 23.7 Å². The Labute approximate surface area is 215 Å². The van der Waals surface area contributed by atoms with Gasteiger partial charge in [-0.25, -0.2) is 15.0 Å². The number of anilines is 3. The molecule has 0 radical (unpaired) electrons. The zero-order valence-electron chi connectivity index (χ0n) is 20.9. The standard InChI is InChI=1S/C26H33N7O2S/c1-31(2)25(35)24-22(16-5-3-4-6-16)23-20(36-24)13-28-26(30-23)29-21-8-7-17(12-27-21)32-9-10-33-15-19(34)11-18(33)14-32/h7-8,12-13,16,18-19,34H,3-6,9-11,14-15H2,1-2H3,(H,27,28,29,30). The summed E-state index contributed by atoms with van der Waals surface area (Å²) in [6.45, 7) is 3.62. The maximum atomic E-state index is 13.0. The number of thiophene rings is 1. The third-order valence-corrected chi connectivity index (χ3v) is 8.90. The van der Waals surface area contributed by atoms with E-state index in [4.69, 9.17) is 4.98 Å². The predicted octanol–water partition coefficient (Wildman–Crippen LogP) is 3.44. The normalized spacial score (nSPS) is 22.8. The van der Waals surface area contributed by atoms with Crippen molar-refractivity contribution in [2.45, 2.75) is 50.2 Å². The minimum atomic E-state index is -0.202. The zero-order valence-corrected chi connectivity index (χ0v) is 21.7. The van der Waals surface area contributed by atoms with Gasteiger partial charge in [0.15, 0.2) is 0 Å². The number of rotatable bonds is 5. The van der Waals surface area contributed by atoms with Crippen molar-refractivity contribution in [1.29, 1.82) is 0 Å². The number of nitrogens with zero attached hydrogens (tertiary/aromatic N) is 6. The fraction of sp³-hybridized carbons (Fsp3) is 0.538. The maximum absolute atomic E-state index is 13.0. The van der Waals surface area contributed by atoms with Crippen LogP contribution in [0.5, 0.6) is 0 Å². The number of hydrogen-bond acceptors (Lipinski definition) is 9. The van der Waals surface area contributed by atoms with Gasteiger partial charge < -0.3 is 20.2 Å². The molecule has 2 aliphatic heterocycles. The highest BCUT2D eigenvalue weighted by Crippen LogP contribution is 2.43. The van der Waals surface area contributed by atoms with Gasteiger partial charge in [-0.3, -0.25) is 9.69 Å². The molecule has 2 atom stereocenters. The number of carbonyl (C=O) groups excluding carboxylic acids is 1. The van der Waals surface area contributed by atoms with E-state index in [0.717, 1.165) is 71.8 Å². The second-order valence-corrected chi connectivity index (χ2v) is 11.5. The van der Waals surface area contributed by atoms with Crippen molar-refractivity contribution >= 4 is 44.9 Å². The van der Waals surface area contributed by atoms with E-state index in [2.05, 4.69) is 31.2 Å². The Morgan fingerprint density at radius 1 is 1.14 bits per heavy atom. The van der Waals surface area contributed by atoms with E-state index in [1.54, 1.807) is 19.0 Å². The Morgan fingerprint density at radius 3 is 2.72 bits per heavy atom. The quantitative estimate of drug-likeness (QED) is 0.542. The molecule has 3 fully saturated rings.